The predicted octanol–water partition coefficient (Wildman–Crippen LogP) is 2.32. The minimum atomic E-state index is -0.361. The SMILES string of the molecule is O=C(CCn1nc(C(=O)N2CCc3ccccc32)ccc1=O)N1CCN(c2ccccc2F)CC1. The molecule has 0 unspecified atom stereocenters. The molecule has 1 saturated heterocycles. The monoisotopic (exact) mass is 475 g/mol. The van der Waals surface area contributed by atoms with E-state index in [-0.39, 0.29) is 41.9 Å². The molecule has 180 valence electrons. The Bertz CT molecular complexity index is 1320. The Balaban J connectivity index is 1.20. The molecule has 0 spiro atoms. The second-order valence-electron chi connectivity index (χ2n) is 8.68. The number of fused-ring (bicyclic) bond motifs is 1. The van der Waals surface area contributed by atoms with E-state index >= 15 is 0 Å². The van der Waals surface area contributed by atoms with Crippen molar-refractivity contribution in [2.24, 2.45) is 0 Å². The van der Waals surface area contributed by atoms with Crippen molar-refractivity contribution in [3.63, 3.8) is 0 Å². The number of aromatic nitrogens is 2. The van der Waals surface area contributed by atoms with Gasteiger partial charge in [0.2, 0.25) is 5.91 Å². The average molecular weight is 476 g/mol. The quantitative estimate of drug-likeness (QED) is 0.566. The molecular formula is C26H26FN5O3. The Morgan fingerprint density at radius 2 is 1.57 bits per heavy atom. The van der Waals surface area contributed by atoms with Gasteiger partial charge in [-0.25, -0.2) is 9.07 Å². The van der Waals surface area contributed by atoms with Crippen molar-refractivity contribution in [3.8, 4) is 0 Å². The van der Waals surface area contributed by atoms with Crippen LogP contribution >= 0.6 is 0 Å². The Kier molecular flexibility index (Phi) is 6.31. The summed E-state index contributed by atoms with van der Waals surface area (Å²) in [5.74, 6) is -0.638. The van der Waals surface area contributed by atoms with Crippen LogP contribution in [0.15, 0.2) is 65.5 Å². The molecule has 2 aliphatic heterocycles. The van der Waals surface area contributed by atoms with Crippen molar-refractivity contribution in [2.45, 2.75) is 19.4 Å². The summed E-state index contributed by atoms with van der Waals surface area (Å²) in [4.78, 5) is 43.5. The third-order valence-electron chi connectivity index (χ3n) is 6.58. The van der Waals surface area contributed by atoms with Gasteiger partial charge in [0.15, 0.2) is 0 Å². The van der Waals surface area contributed by atoms with Gasteiger partial charge in [0, 0.05) is 50.9 Å². The van der Waals surface area contributed by atoms with Gasteiger partial charge in [-0.2, -0.15) is 5.10 Å². The van der Waals surface area contributed by atoms with Gasteiger partial charge in [-0.3, -0.25) is 14.4 Å². The van der Waals surface area contributed by atoms with Crippen molar-refractivity contribution in [3.05, 3.63) is 88.1 Å². The van der Waals surface area contributed by atoms with Crippen molar-refractivity contribution in [2.75, 3.05) is 42.5 Å². The summed E-state index contributed by atoms with van der Waals surface area (Å²) in [7, 11) is 0. The molecule has 2 aromatic carbocycles. The normalized spacial score (nSPS) is 15.3. The summed E-state index contributed by atoms with van der Waals surface area (Å²) in [5.41, 5.74) is 2.32. The van der Waals surface area contributed by atoms with E-state index < -0.39 is 0 Å². The van der Waals surface area contributed by atoms with Gasteiger partial charge in [-0.15, -0.1) is 0 Å². The number of para-hydroxylation sites is 2. The Labute approximate surface area is 202 Å². The fourth-order valence-electron chi connectivity index (χ4n) is 4.68. The summed E-state index contributed by atoms with van der Waals surface area (Å²) in [6.07, 6.45) is 0.872. The Morgan fingerprint density at radius 3 is 2.34 bits per heavy atom. The molecule has 2 amide bonds. The summed E-state index contributed by atoms with van der Waals surface area (Å²) in [6, 6.07) is 17.1. The van der Waals surface area contributed by atoms with E-state index in [1.165, 1.54) is 22.9 Å². The molecule has 1 aromatic heterocycles. The van der Waals surface area contributed by atoms with Crippen LogP contribution in [0.2, 0.25) is 0 Å². The Morgan fingerprint density at radius 1 is 0.857 bits per heavy atom. The lowest BCUT2D eigenvalue weighted by atomic mass is 10.2. The van der Waals surface area contributed by atoms with Crippen LogP contribution in [0.3, 0.4) is 0 Å². The van der Waals surface area contributed by atoms with Gasteiger partial charge in [0.1, 0.15) is 11.5 Å². The smallest absolute Gasteiger partial charge is 0.278 e. The number of carbonyl (C=O) groups excluding carboxylic acids is 2. The van der Waals surface area contributed by atoms with Gasteiger partial charge in [-0.1, -0.05) is 30.3 Å². The minimum absolute atomic E-state index is 0.0862. The zero-order chi connectivity index (χ0) is 24.4. The van der Waals surface area contributed by atoms with Crippen LogP contribution in [0.4, 0.5) is 15.8 Å². The van der Waals surface area contributed by atoms with Crippen LogP contribution in [-0.4, -0.2) is 59.2 Å². The summed E-state index contributed by atoms with van der Waals surface area (Å²) < 4.78 is 15.2. The van der Waals surface area contributed by atoms with Crippen LogP contribution in [0, 0.1) is 5.82 Å². The van der Waals surface area contributed by atoms with Crippen molar-refractivity contribution < 1.29 is 14.0 Å². The maximum absolute atomic E-state index is 14.0. The zero-order valence-electron chi connectivity index (χ0n) is 19.3. The largest absolute Gasteiger partial charge is 0.366 e. The molecule has 0 radical (unpaired) electrons. The van der Waals surface area contributed by atoms with Gasteiger partial charge in [0.05, 0.1) is 12.2 Å². The molecular weight excluding hydrogens is 449 g/mol. The zero-order valence-corrected chi connectivity index (χ0v) is 19.3. The fraction of sp³-hybridized carbons (Fsp3) is 0.308. The molecule has 5 rings (SSSR count). The second-order valence-corrected chi connectivity index (χ2v) is 8.68. The standard InChI is InChI=1S/C26H26FN5O3/c27-20-6-2-4-8-23(20)29-15-17-30(18-16-29)24(33)12-14-32-25(34)10-9-21(28-32)26(35)31-13-11-19-5-1-3-7-22(19)31/h1-10H,11-18H2. The number of amides is 2. The third kappa shape index (κ3) is 4.66. The second kappa shape index (κ2) is 9.69. The summed E-state index contributed by atoms with van der Waals surface area (Å²) in [6.45, 7) is 2.67. The molecule has 3 heterocycles. The van der Waals surface area contributed by atoms with Gasteiger partial charge < -0.3 is 14.7 Å². The number of aryl methyl sites for hydroxylation is 1. The maximum Gasteiger partial charge on any atom is 0.278 e. The van der Waals surface area contributed by atoms with E-state index in [1.54, 1.807) is 28.0 Å². The number of carbonyl (C=O) groups is 2. The molecule has 0 bridgehead atoms. The predicted molar refractivity (Wildman–Crippen MR) is 130 cm³/mol. The van der Waals surface area contributed by atoms with E-state index in [0.717, 1.165) is 17.7 Å². The van der Waals surface area contributed by atoms with Gasteiger partial charge >= 0.3 is 0 Å². The first-order chi connectivity index (χ1) is 17.0. The Hall–Kier alpha value is -4.01. The molecule has 0 aliphatic carbocycles. The number of hydrogen-bond acceptors (Lipinski definition) is 5. The van der Waals surface area contributed by atoms with E-state index in [1.807, 2.05) is 29.2 Å². The van der Waals surface area contributed by atoms with Crippen LogP contribution in [-0.2, 0) is 17.8 Å². The van der Waals surface area contributed by atoms with E-state index in [9.17, 15) is 18.8 Å². The first kappa shape index (κ1) is 22.8. The van der Waals surface area contributed by atoms with Crippen molar-refractivity contribution in [1.29, 1.82) is 0 Å². The number of halogens is 1. The number of rotatable bonds is 5. The molecule has 0 N–H and O–H groups in total. The van der Waals surface area contributed by atoms with Crippen molar-refractivity contribution in [1.82, 2.24) is 14.7 Å². The lowest BCUT2D eigenvalue weighted by molar-refractivity contribution is -0.131. The lowest BCUT2D eigenvalue weighted by Gasteiger charge is -2.36. The highest BCUT2D eigenvalue weighted by Gasteiger charge is 2.27. The highest BCUT2D eigenvalue weighted by molar-refractivity contribution is 6.05. The highest BCUT2D eigenvalue weighted by Crippen LogP contribution is 2.28. The summed E-state index contributed by atoms with van der Waals surface area (Å²) >= 11 is 0. The molecule has 0 atom stereocenters. The third-order valence-corrected chi connectivity index (χ3v) is 6.58. The number of anilines is 2. The van der Waals surface area contributed by atoms with Gasteiger partial charge in [0.25, 0.3) is 11.5 Å². The number of benzene rings is 2. The maximum atomic E-state index is 14.0. The molecule has 3 aromatic rings. The average Bonchev–Trinajstić information content (AvgIpc) is 3.32. The minimum Gasteiger partial charge on any atom is -0.366 e. The fourth-order valence-corrected chi connectivity index (χ4v) is 4.68. The number of hydrogen-bond donors (Lipinski definition) is 0. The molecule has 35 heavy (non-hydrogen) atoms. The van der Waals surface area contributed by atoms with E-state index in [0.29, 0.717) is 38.4 Å². The first-order valence-corrected chi connectivity index (χ1v) is 11.8. The molecule has 1 fully saturated rings. The highest BCUT2D eigenvalue weighted by atomic mass is 19.1. The van der Waals surface area contributed by atoms with Crippen molar-refractivity contribution >= 4 is 23.2 Å². The molecule has 8 nitrogen and oxygen atoms in total. The topological polar surface area (TPSA) is 78.8 Å². The summed E-state index contributed by atoms with van der Waals surface area (Å²) in [5, 5.41) is 4.26. The molecule has 9 heteroatoms. The lowest BCUT2D eigenvalue weighted by Crippen LogP contribution is -2.49. The number of nitrogens with zero attached hydrogens (tertiary/aromatic N) is 5. The van der Waals surface area contributed by atoms with E-state index in [4.69, 9.17) is 0 Å². The number of piperazine rings is 1. The van der Waals surface area contributed by atoms with Crippen LogP contribution in [0.25, 0.3) is 0 Å². The van der Waals surface area contributed by atoms with Crippen LogP contribution < -0.4 is 15.4 Å². The molecule has 2 aliphatic rings. The van der Waals surface area contributed by atoms with Crippen LogP contribution in [0.1, 0.15) is 22.5 Å². The molecule has 0 saturated carbocycles. The van der Waals surface area contributed by atoms with E-state index in [2.05, 4.69) is 5.10 Å². The van der Waals surface area contributed by atoms with Gasteiger partial charge in [-0.05, 0) is 36.2 Å². The first-order valence-electron chi connectivity index (χ1n) is 11.8. The van der Waals surface area contributed by atoms with Crippen LogP contribution in [0.5, 0.6) is 0 Å².